The molecule has 0 aliphatic heterocycles. The van der Waals surface area contributed by atoms with Crippen LogP contribution in [0.4, 0.5) is 0 Å². The molecule has 0 bridgehead atoms. The van der Waals surface area contributed by atoms with Gasteiger partial charge >= 0.3 is 0 Å². The van der Waals surface area contributed by atoms with E-state index >= 15 is 0 Å². The van der Waals surface area contributed by atoms with E-state index in [1.54, 1.807) is 10.8 Å². The maximum absolute atomic E-state index is 12.3. The van der Waals surface area contributed by atoms with Crippen molar-refractivity contribution < 1.29 is 0 Å². The van der Waals surface area contributed by atoms with Crippen LogP contribution < -0.4 is 11.3 Å². The van der Waals surface area contributed by atoms with Crippen molar-refractivity contribution in [3.63, 3.8) is 0 Å². The third-order valence-electron chi connectivity index (χ3n) is 3.09. The Bertz CT molecular complexity index is 660. The SMILES string of the molecule is Cc1ccc2c(=O)n(CC(C)C(N)=S)ccc2c1. The third-order valence-corrected chi connectivity index (χ3v) is 3.49. The van der Waals surface area contributed by atoms with Crippen molar-refractivity contribution in [3.05, 3.63) is 46.4 Å². The molecule has 4 heteroatoms. The molecule has 0 aliphatic rings. The number of rotatable bonds is 3. The number of aryl methyl sites for hydroxylation is 1. The average Bonchev–Trinajstić information content (AvgIpc) is 2.32. The van der Waals surface area contributed by atoms with Gasteiger partial charge in [0.05, 0.1) is 4.99 Å². The van der Waals surface area contributed by atoms with Gasteiger partial charge in [0.2, 0.25) is 0 Å². The average molecular weight is 260 g/mol. The lowest BCUT2D eigenvalue weighted by Crippen LogP contribution is -2.28. The summed E-state index contributed by atoms with van der Waals surface area (Å²) in [7, 11) is 0. The van der Waals surface area contributed by atoms with E-state index in [0.29, 0.717) is 11.5 Å². The number of nitrogens with zero attached hydrogens (tertiary/aromatic N) is 1. The summed E-state index contributed by atoms with van der Waals surface area (Å²) in [4.78, 5) is 12.7. The van der Waals surface area contributed by atoms with Gasteiger partial charge in [0.1, 0.15) is 0 Å². The van der Waals surface area contributed by atoms with E-state index in [1.807, 2.05) is 38.1 Å². The summed E-state index contributed by atoms with van der Waals surface area (Å²) in [5.41, 5.74) is 6.74. The van der Waals surface area contributed by atoms with Crippen molar-refractivity contribution >= 4 is 28.0 Å². The minimum absolute atomic E-state index is 0.00981. The van der Waals surface area contributed by atoms with Gasteiger partial charge < -0.3 is 10.3 Å². The van der Waals surface area contributed by atoms with E-state index in [9.17, 15) is 4.79 Å². The maximum Gasteiger partial charge on any atom is 0.258 e. The molecular weight excluding hydrogens is 244 g/mol. The summed E-state index contributed by atoms with van der Waals surface area (Å²) in [6.45, 7) is 4.46. The van der Waals surface area contributed by atoms with Crippen molar-refractivity contribution in [2.45, 2.75) is 20.4 Å². The van der Waals surface area contributed by atoms with E-state index in [0.717, 1.165) is 16.3 Å². The fraction of sp³-hybridized carbons (Fsp3) is 0.286. The molecule has 0 fully saturated rings. The van der Waals surface area contributed by atoms with Gasteiger partial charge in [0, 0.05) is 24.0 Å². The molecule has 0 radical (unpaired) electrons. The minimum Gasteiger partial charge on any atom is -0.393 e. The highest BCUT2D eigenvalue weighted by atomic mass is 32.1. The molecule has 1 unspecified atom stereocenters. The van der Waals surface area contributed by atoms with E-state index in [4.69, 9.17) is 18.0 Å². The molecule has 1 aromatic heterocycles. The molecule has 0 aliphatic carbocycles. The Labute approximate surface area is 111 Å². The highest BCUT2D eigenvalue weighted by molar-refractivity contribution is 7.80. The molecule has 2 N–H and O–H groups in total. The van der Waals surface area contributed by atoms with Crippen LogP contribution in [0.5, 0.6) is 0 Å². The van der Waals surface area contributed by atoms with Gasteiger partial charge in [-0.3, -0.25) is 4.79 Å². The van der Waals surface area contributed by atoms with Crippen molar-refractivity contribution in [2.24, 2.45) is 11.7 Å². The van der Waals surface area contributed by atoms with Gasteiger partial charge in [-0.2, -0.15) is 0 Å². The van der Waals surface area contributed by atoms with Gasteiger partial charge in [0.15, 0.2) is 0 Å². The Kier molecular flexibility index (Phi) is 3.48. The molecule has 2 aromatic rings. The smallest absolute Gasteiger partial charge is 0.258 e. The van der Waals surface area contributed by atoms with E-state index in [2.05, 4.69) is 0 Å². The number of pyridine rings is 1. The third kappa shape index (κ3) is 2.43. The molecule has 0 spiro atoms. The quantitative estimate of drug-likeness (QED) is 0.861. The van der Waals surface area contributed by atoms with Crippen LogP contribution in [0.2, 0.25) is 0 Å². The van der Waals surface area contributed by atoms with Gasteiger partial charge in [-0.15, -0.1) is 0 Å². The first-order chi connectivity index (χ1) is 8.49. The Morgan fingerprint density at radius 3 is 2.83 bits per heavy atom. The largest absolute Gasteiger partial charge is 0.393 e. The van der Waals surface area contributed by atoms with Gasteiger partial charge in [0.25, 0.3) is 5.56 Å². The Hall–Kier alpha value is -1.68. The molecule has 2 rings (SSSR count). The van der Waals surface area contributed by atoms with Crippen molar-refractivity contribution in [2.75, 3.05) is 0 Å². The number of fused-ring (bicyclic) bond motifs is 1. The first-order valence-electron chi connectivity index (χ1n) is 5.88. The van der Waals surface area contributed by atoms with Crippen molar-refractivity contribution in [1.82, 2.24) is 4.57 Å². The molecule has 0 amide bonds. The van der Waals surface area contributed by atoms with Gasteiger partial charge in [-0.25, -0.2) is 0 Å². The van der Waals surface area contributed by atoms with Crippen LogP contribution in [0, 0.1) is 12.8 Å². The number of aromatic nitrogens is 1. The fourth-order valence-electron chi connectivity index (χ4n) is 1.94. The van der Waals surface area contributed by atoms with Crippen molar-refractivity contribution in [1.29, 1.82) is 0 Å². The highest BCUT2D eigenvalue weighted by Crippen LogP contribution is 2.12. The molecule has 3 nitrogen and oxygen atoms in total. The van der Waals surface area contributed by atoms with Crippen LogP contribution in [0.1, 0.15) is 12.5 Å². The summed E-state index contributed by atoms with van der Waals surface area (Å²) in [5, 5.41) is 1.71. The van der Waals surface area contributed by atoms with Crippen LogP contribution in [0.25, 0.3) is 10.8 Å². The molecule has 18 heavy (non-hydrogen) atoms. The zero-order valence-corrected chi connectivity index (χ0v) is 11.3. The second-order valence-corrected chi connectivity index (χ2v) is 5.14. The Morgan fingerprint density at radius 2 is 2.17 bits per heavy atom. The zero-order chi connectivity index (χ0) is 13.3. The summed E-state index contributed by atoms with van der Waals surface area (Å²) in [6.07, 6.45) is 1.80. The first kappa shape index (κ1) is 12.8. The van der Waals surface area contributed by atoms with Crippen LogP contribution in [0.15, 0.2) is 35.3 Å². The number of hydrogen-bond donors (Lipinski definition) is 1. The van der Waals surface area contributed by atoms with Crippen molar-refractivity contribution in [3.8, 4) is 0 Å². The van der Waals surface area contributed by atoms with Crippen LogP contribution >= 0.6 is 12.2 Å². The molecule has 0 saturated carbocycles. The minimum atomic E-state index is 0.00981. The lowest BCUT2D eigenvalue weighted by atomic mass is 10.1. The highest BCUT2D eigenvalue weighted by Gasteiger charge is 2.08. The summed E-state index contributed by atoms with van der Waals surface area (Å²) in [6, 6.07) is 7.79. The fourth-order valence-corrected chi connectivity index (χ4v) is 2.01. The predicted molar refractivity (Wildman–Crippen MR) is 78.9 cm³/mol. The number of thiocarbonyl (C=S) groups is 1. The Balaban J connectivity index is 2.49. The van der Waals surface area contributed by atoms with E-state index in [1.165, 1.54) is 0 Å². The second kappa shape index (κ2) is 4.90. The lowest BCUT2D eigenvalue weighted by molar-refractivity contribution is 0.585. The second-order valence-electron chi connectivity index (χ2n) is 4.67. The normalized spacial score (nSPS) is 12.6. The standard InChI is InChI=1S/C14H16N2OS/c1-9-3-4-12-11(7-9)5-6-16(14(12)17)8-10(2)13(15)18/h3-7,10H,8H2,1-2H3,(H2,15,18). The summed E-state index contributed by atoms with van der Waals surface area (Å²) >= 11 is 4.94. The molecular formula is C14H16N2OS. The van der Waals surface area contributed by atoms with Gasteiger partial charge in [-0.05, 0) is 24.4 Å². The van der Waals surface area contributed by atoms with Crippen LogP contribution in [-0.2, 0) is 6.54 Å². The van der Waals surface area contributed by atoms with E-state index < -0.39 is 0 Å². The molecule has 1 atom stereocenters. The molecule has 1 aromatic carbocycles. The van der Waals surface area contributed by atoms with Gasteiger partial charge in [-0.1, -0.05) is 36.8 Å². The summed E-state index contributed by atoms with van der Waals surface area (Å²) in [5.74, 6) is 0.0144. The zero-order valence-electron chi connectivity index (χ0n) is 10.5. The maximum atomic E-state index is 12.3. The van der Waals surface area contributed by atoms with Crippen LogP contribution in [-0.4, -0.2) is 9.56 Å². The number of nitrogens with two attached hydrogens (primary N) is 1. The summed E-state index contributed by atoms with van der Waals surface area (Å²) < 4.78 is 1.67. The molecule has 94 valence electrons. The molecule has 0 saturated heterocycles. The number of benzene rings is 1. The lowest BCUT2D eigenvalue weighted by Gasteiger charge is -2.12. The monoisotopic (exact) mass is 260 g/mol. The number of hydrogen-bond acceptors (Lipinski definition) is 2. The predicted octanol–water partition coefficient (Wildman–Crippen LogP) is 2.23. The van der Waals surface area contributed by atoms with Crippen LogP contribution in [0.3, 0.4) is 0 Å². The first-order valence-corrected chi connectivity index (χ1v) is 6.29. The van der Waals surface area contributed by atoms with E-state index in [-0.39, 0.29) is 11.5 Å². The molecule has 1 heterocycles. The topological polar surface area (TPSA) is 48.0 Å². The Morgan fingerprint density at radius 1 is 1.44 bits per heavy atom.